The van der Waals surface area contributed by atoms with Crippen molar-refractivity contribution in [2.45, 2.75) is 83.5 Å². The molecule has 0 saturated heterocycles. The molecule has 6 nitrogen and oxygen atoms in total. The number of methoxy groups -OCH3 is 1. The largest absolute Gasteiger partial charge is 0.503 e. The fraction of sp³-hybridized carbons (Fsp3) is 0.500. The highest BCUT2D eigenvalue weighted by Gasteiger charge is 2.48. The molecule has 0 bridgehead atoms. The van der Waals surface area contributed by atoms with E-state index in [0.717, 1.165) is 11.1 Å². The van der Waals surface area contributed by atoms with E-state index in [1.807, 2.05) is 60.7 Å². The van der Waals surface area contributed by atoms with E-state index < -0.39 is 32.3 Å². The van der Waals surface area contributed by atoms with Gasteiger partial charge in [0.05, 0.1) is 19.1 Å². The van der Waals surface area contributed by atoms with Gasteiger partial charge in [0.15, 0.2) is 5.78 Å². The van der Waals surface area contributed by atoms with Crippen molar-refractivity contribution in [2.24, 2.45) is 5.92 Å². The van der Waals surface area contributed by atoms with Crippen LogP contribution >= 0.6 is 0 Å². The minimum Gasteiger partial charge on any atom is -0.503 e. The number of benzene rings is 2. The zero-order valence-corrected chi connectivity index (χ0v) is 24.3. The van der Waals surface area contributed by atoms with Crippen LogP contribution in [0.3, 0.4) is 0 Å². The van der Waals surface area contributed by atoms with Gasteiger partial charge in [0, 0.05) is 6.42 Å². The summed E-state index contributed by atoms with van der Waals surface area (Å²) >= 11 is 0. The van der Waals surface area contributed by atoms with Crippen molar-refractivity contribution in [3.8, 4) is 0 Å². The number of ketones is 1. The number of carbonyl (C=O) groups is 3. The van der Waals surface area contributed by atoms with Gasteiger partial charge in [-0.05, 0) is 40.6 Å². The number of amides is 1. The summed E-state index contributed by atoms with van der Waals surface area (Å²) < 4.78 is 11.3. The predicted molar refractivity (Wildman–Crippen MR) is 150 cm³/mol. The Bertz CT molecular complexity index is 985. The van der Waals surface area contributed by atoms with Gasteiger partial charge in [0.25, 0.3) is 8.32 Å². The Morgan fingerprint density at radius 3 is 1.65 bits per heavy atom. The predicted octanol–water partition coefficient (Wildman–Crippen LogP) is 6.49. The lowest BCUT2D eigenvalue weighted by Crippen LogP contribution is -2.53. The van der Waals surface area contributed by atoms with Crippen molar-refractivity contribution < 1.29 is 23.5 Å². The topological polar surface area (TPSA) is 81.7 Å². The van der Waals surface area contributed by atoms with E-state index in [-0.39, 0.29) is 28.8 Å². The molecule has 0 aliphatic carbocycles. The minimum atomic E-state index is -2.49. The summed E-state index contributed by atoms with van der Waals surface area (Å²) in [7, 11) is -1.16. The van der Waals surface area contributed by atoms with E-state index in [2.05, 4.69) is 46.9 Å². The SMILES string of the molecule is COC(=O)[C@@H](CC(=O)[C@H](Cc1ccccc1)NC(=O)O[Si](C(C)C)(C(C)C)C(C)C)Cc1ccccc1. The van der Waals surface area contributed by atoms with Crippen LogP contribution < -0.4 is 5.32 Å². The molecular weight excluding hydrogens is 482 g/mol. The first-order valence-corrected chi connectivity index (χ1v) is 15.3. The maximum absolute atomic E-state index is 13.6. The Morgan fingerprint density at radius 2 is 1.22 bits per heavy atom. The van der Waals surface area contributed by atoms with Crippen LogP contribution in [0.15, 0.2) is 60.7 Å². The zero-order chi connectivity index (χ0) is 27.6. The zero-order valence-electron chi connectivity index (χ0n) is 23.3. The molecule has 0 aliphatic heterocycles. The average Bonchev–Trinajstić information content (AvgIpc) is 2.86. The Balaban J connectivity index is 2.29. The molecule has 0 fully saturated rings. The molecule has 2 aromatic carbocycles. The smallest absolute Gasteiger partial charge is 0.394 e. The van der Waals surface area contributed by atoms with Gasteiger partial charge >= 0.3 is 12.1 Å². The Kier molecular flexibility index (Phi) is 11.6. The molecule has 7 heteroatoms. The van der Waals surface area contributed by atoms with E-state index in [1.54, 1.807) is 0 Å². The van der Waals surface area contributed by atoms with Gasteiger partial charge in [0.2, 0.25) is 0 Å². The second-order valence-electron chi connectivity index (χ2n) is 10.7. The number of hydrogen-bond donors (Lipinski definition) is 1. The first-order chi connectivity index (χ1) is 17.5. The van der Waals surface area contributed by atoms with Crippen molar-refractivity contribution in [3.63, 3.8) is 0 Å². The van der Waals surface area contributed by atoms with Crippen molar-refractivity contribution >= 4 is 26.2 Å². The molecule has 0 radical (unpaired) electrons. The highest BCUT2D eigenvalue weighted by molar-refractivity contribution is 6.78. The van der Waals surface area contributed by atoms with E-state index in [9.17, 15) is 14.4 Å². The number of carbonyl (C=O) groups excluding carboxylic acids is 3. The highest BCUT2D eigenvalue weighted by Crippen LogP contribution is 2.42. The molecule has 2 aromatic rings. The molecule has 0 aliphatic rings. The van der Waals surface area contributed by atoms with E-state index in [1.165, 1.54) is 7.11 Å². The first kappa shape index (κ1) is 30.3. The molecular formula is C30H43NO5Si. The lowest BCUT2D eigenvalue weighted by Gasteiger charge is -2.41. The van der Waals surface area contributed by atoms with Crippen LogP contribution in [-0.4, -0.2) is 39.3 Å². The second kappa shape index (κ2) is 14.1. The van der Waals surface area contributed by atoms with Gasteiger partial charge in [0.1, 0.15) is 0 Å². The molecule has 202 valence electrons. The fourth-order valence-electron chi connectivity index (χ4n) is 5.47. The fourth-order valence-corrected chi connectivity index (χ4v) is 10.6. The monoisotopic (exact) mass is 525 g/mol. The number of nitrogens with one attached hydrogen (secondary N) is 1. The Labute approximate surface area is 223 Å². The molecule has 2 rings (SSSR count). The maximum atomic E-state index is 13.6. The summed E-state index contributed by atoms with van der Waals surface area (Å²) in [6.45, 7) is 12.6. The number of ether oxygens (including phenoxy) is 1. The van der Waals surface area contributed by atoms with Gasteiger partial charge in [-0.15, -0.1) is 0 Å². The summed E-state index contributed by atoms with van der Waals surface area (Å²) in [6.07, 6.45) is 0.0922. The number of rotatable bonds is 13. The molecule has 0 unspecified atom stereocenters. The normalized spacial score (nSPS) is 13.4. The third-order valence-electron chi connectivity index (χ3n) is 7.25. The molecule has 0 spiro atoms. The van der Waals surface area contributed by atoms with Crippen molar-refractivity contribution in [1.82, 2.24) is 5.32 Å². The van der Waals surface area contributed by atoms with E-state index >= 15 is 0 Å². The average molecular weight is 526 g/mol. The summed E-state index contributed by atoms with van der Waals surface area (Å²) in [6, 6.07) is 18.3. The van der Waals surface area contributed by atoms with Crippen LogP contribution in [0.25, 0.3) is 0 Å². The summed E-state index contributed by atoms with van der Waals surface area (Å²) in [5.74, 6) is -1.31. The van der Waals surface area contributed by atoms with Gasteiger partial charge < -0.3 is 14.5 Å². The highest BCUT2D eigenvalue weighted by atomic mass is 28.4. The van der Waals surface area contributed by atoms with Crippen molar-refractivity contribution in [2.75, 3.05) is 7.11 Å². The van der Waals surface area contributed by atoms with Gasteiger partial charge in [-0.25, -0.2) is 4.79 Å². The van der Waals surface area contributed by atoms with Crippen molar-refractivity contribution in [3.05, 3.63) is 71.8 Å². The maximum Gasteiger partial charge on any atom is 0.394 e. The van der Waals surface area contributed by atoms with Crippen LogP contribution in [0.5, 0.6) is 0 Å². The quantitative estimate of drug-likeness (QED) is 0.239. The minimum absolute atomic E-state index is 0.0412. The van der Waals surface area contributed by atoms with E-state index in [4.69, 9.17) is 9.16 Å². The summed E-state index contributed by atoms with van der Waals surface area (Å²) in [5.41, 5.74) is 2.52. The molecule has 37 heavy (non-hydrogen) atoms. The number of esters is 1. The van der Waals surface area contributed by atoms with Gasteiger partial charge in [-0.3, -0.25) is 9.59 Å². The Morgan fingerprint density at radius 1 is 0.757 bits per heavy atom. The standard InChI is InChI=1S/C30H43NO5Si/c1-21(2)37(22(3)4,23(5)6)36-30(34)31-27(19-25-16-12-9-13-17-25)28(32)20-26(29(33)35-7)18-24-14-10-8-11-15-24/h8-17,21-23,26-27H,18-20H2,1-7H3,(H,31,34)/t26-,27+/m1/s1. The molecule has 1 amide bonds. The molecule has 1 N–H and O–H groups in total. The van der Waals surface area contributed by atoms with Crippen LogP contribution in [0.1, 0.15) is 59.1 Å². The third kappa shape index (κ3) is 8.28. The van der Waals surface area contributed by atoms with Gasteiger partial charge in [-0.1, -0.05) is 102 Å². The lowest BCUT2D eigenvalue weighted by atomic mass is 9.90. The second-order valence-corrected chi connectivity index (χ2v) is 16.0. The van der Waals surface area contributed by atoms with Crippen LogP contribution in [-0.2, 0) is 31.6 Å². The van der Waals surface area contributed by atoms with Crippen LogP contribution in [0, 0.1) is 5.92 Å². The lowest BCUT2D eigenvalue weighted by molar-refractivity contribution is -0.147. The molecule has 2 atom stereocenters. The molecule has 0 heterocycles. The van der Waals surface area contributed by atoms with Crippen molar-refractivity contribution in [1.29, 1.82) is 0 Å². The first-order valence-electron chi connectivity index (χ1n) is 13.2. The van der Waals surface area contributed by atoms with Gasteiger partial charge in [-0.2, -0.15) is 0 Å². The van der Waals surface area contributed by atoms with Crippen LogP contribution in [0.4, 0.5) is 4.79 Å². The number of Topliss-reactive ketones (excluding diaryl/α,β-unsaturated/α-hetero) is 1. The summed E-state index contributed by atoms with van der Waals surface area (Å²) in [4.78, 5) is 39.5. The Hall–Kier alpha value is -2.93. The summed E-state index contributed by atoms with van der Waals surface area (Å²) in [5, 5.41) is 2.88. The molecule has 0 saturated carbocycles. The van der Waals surface area contributed by atoms with Crippen LogP contribution in [0.2, 0.25) is 16.6 Å². The number of hydrogen-bond acceptors (Lipinski definition) is 5. The van der Waals surface area contributed by atoms with E-state index in [0.29, 0.717) is 12.8 Å². The third-order valence-corrected chi connectivity index (χ3v) is 13.2. The molecule has 0 aromatic heterocycles.